The smallest absolute Gasteiger partial charge is 0.361 e. The molecule has 0 aliphatic carbocycles. The molecule has 0 aliphatic heterocycles. The van der Waals surface area contributed by atoms with Gasteiger partial charge in [-0.3, -0.25) is 0 Å². The van der Waals surface area contributed by atoms with Crippen LogP contribution >= 0.6 is 0 Å². The maximum Gasteiger partial charge on any atom is 0.361 e. The third-order valence-electron chi connectivity index (χ3n) is 2.42. The number of imidazole rings is 1. The van der Waals surface area contributed by atoms with Crippen LogP contribution in [0.4, 0.5) is 0 Å². The molecule has 0 bridgehead atoms. The molecule has 2 aromatic rings. The molecule has 110 valence electrons. The predicted molar refractivity (Wildman–Crippen MR) is 67.5 cm³/mol. The Morgan fingerprint density at radius 1 is 1.38 bits per heavy atom. The van der Waals surface area contributed by atoms with E-state index < -0.39 is 17.6 Å². The average Bonchev–Trinajstić information content (AvgIpc) is 2.91. The van der Waals surface area contributed by atoms with E-state index >= 15 is 0 Å². The van der Waals surface area contributed by atoms with Gasteiger partial charge in [-0.05, 0) is 0 Å². The highest BCUT2D eigenvalue weighted by Gasteiger charge is 2.18. The molecule has 2 heterocycles. The number of carbonyl (C=O) groups excluding carboxylic acids is 2. The van der Waals surface area contributed by atoms with Crippen molar-refractivity contribution in [1.82, 2.24) is 24.4 Å². The summed E-state index contributed by atoms with van der Waals surface area (Å²) >= 11 is 0. The van der Waals surface area contributed by atoms with Gasteiger partial charge in [0.25, 0.3) is 0 Å². The fourth-order valence-electron chi connectivity index (χ4n) is 1.43. The van der Waals surface area contributed by atoms with Crippen LogP contribution in [0, 0.1) is 0 Å². The van der Waals surface area contributed by atoms with Crippen molar-refractivity contribution in [2.75, 3.05) is 13.2 Å². The second-order valence-electron chi connectivity index (χ2n) is 3.79. The van der Waals surface area contributed by atoms with E-state index in [1.807, 2.05) is 0 Å². The number of esters is 2. The second kappa shape index (κ2) is 5.94. The van der Waals surface area contributed by atoms with Crippen LogP contribution in [0.1, 0.15) is 10.5 Å². The van der Waals surface area contributed by atoms with Gasteiger partial charge in [0.15, 0.2) is 11.3 Å². The van der Waals surface area contributed by atoms with Gasteiger partial charge >= 0.3 is 17.6 Å². The van der Waals surface area contributed by atoms with E-state index in [9.17, 15) is 14.4 Å². The molecule has 10 heteroatoms. The van der Waals surface area contributed by atoms with Crippen LogP contribution in [0.3, 0.4) is 0 Å². The molecular formula is C11H11N5O5. The van der Waals surface area contributed by atoms with Gasteiger partial charge in [-0.25, -0.2) is 23.8 Å². The van der Waals surface area contributed by atoms with Gasteiger partial charge in [-0.2, -0.15) is 4.68 Å². The monoisotopic (exact) mass is 293 g/mol. The first-order valence-electron chi connectivity index (χ1n) is 5.78. The van der Waals surface area contributed by atoms with Crippen LogP contribution in [0.15, 0.2) is 23.8 Å². The van der Waals surface area contributed by atoms with E-state index in [0.29, 0.717) is 0 Å². The molecule has 0 spiro atoms. The number of ether oxygens (including phenoxy) is 2. The summed E-state index contributed by atoms with van der Waals surface area (Å²) in [5.41, 5.74) is -0.645. The Kier molecular flexibility index (Phi) is 4.07. The van der Waals surface area contributed by atoms with Crippen LogP contribution in [0.2, 0.25) is 0 Å². The number of hydrogen-bond donors (Lipinski definition) is 0. The Labute approximate surface area is 117 Å². The number of rotatable bonds is 5. The lowest BCUT2D eigenvalue weighted by Crippen LogP contribution is -2.27. The van der Waals surface area contributed by atoms with Crippen molar-refractivity contribution in [3.63, 3.8) is 0 Å². The topological polar surface area (TPSA) is 118 Å². The first kappa shape index (κ1) is 14.4. The normalized spacial score (nSPS) is 10.3. The van der Waals surface area contributed by atoms with Gasteiger partial charge < -0.3 is 9.47 Å². The number of aromatic nitrogens is 5. The van der Waals surface area contributed by atoms with E-state index in [1.54, 1.807) is 0 Å². The molecular weight excluding hydrogens is 282 g/mol. The Hall–Kier alpha value is -3.04. The van der Waals surface area contributed by atoms with Crippen LogP contribution in [0.25, 0.3) is 5.65 Å². The van der Waals surface area contributed by atoms with Gasteiger partial charge in [0.05, 0.1) is 0 Å². The van der Waals surface area contributed by atoms with Gasteiger partial charge in [0, 0.05) is 13.1 Å². The summed E-state index contributed by atoms with van der Waals surface area (Å²) in [5, 5.41) is 7.26. The van der Waals surface area contributed by atoms with Gasteiger partial charge in [0.1, 0.15) is 19.5 Å². The van der Waals surface area contributed by atoms with Crippen LogP contribution < -0.4 is 5.69 Å². The second-order valence-corrected chi connectivity index (χ2v) is 3.79. The first-order chi connectivity index (χ1) is 10.0. The predicted octanol–water partition coefficient (Wildman–Crippen LogP) is -1.29. The van der Waals surface area contributed by atoms with Gasteiger partial charge in [-0.1, -0.05) is 11.8 Å². The lowest BCUT2D eigenvalue weighted by Gasteiger charge is -2.03. The number of aryl methyl sites for hydroxylation is 1. The summed E-state index contributed by atoms with van der Waals surface area (Å²) in [6.45, 7) is 2.95. The number of hydrogen-bond acceptors (Lipinski definition) is 8. The quantitative estimate of drug-likeness (QED) is 0.379. The average molecular weight is 293 g/mol. The number of nitrogens with zero attached hydrogens (tertiary/aromatic N) is 5. The van der Waals surface area contributed by atoms with Crippen molar-refractivity contribution in [3.8, 4) is 0 Å². The fourth-order valence-corrected chi connectivity index (χ4v) is 1.43. The molecule has 21 heavy (non-hydrogen) atoms. The lowest BCUT2D eigenvalue weighted by molar-refractivity contribution is -0.138. The van der Waals surface area contributed by atoms with E-state index in [1.165, 1.54) is 7.05 Å². The molecule has 2 rings (SSSR count). The van der Waals surface area contributed by atoms with Crippen LogP contribution in [-0.2, 0) is 21.3 Å². The van der Waals surface area contributed by atoms with Gasteiger partial charge in [0.2, 0.25) is 0 Å². The summed E-state index contributed by atoms with van der Waals surface area (Å²) in [7, 11) is 1.42. The van der Waals surface area contributed by atoms with Gasteiger partial charge in [-0.15, -0.1) is 5.10 Å². The van der Waals surface area contributed by atoms with Crippen molar-refractivity contribution in [1.29, 1.82) is 0 Å². The molecule has 0 radical (unpaired) electrons. The zero-order chi connectivity index (χ0) is 15.4. The number of fused-ring (bicyclic) bond motifs is 1. The number of carbonyl (C=O) groups is 2. The molecule has 0 amide bonds. The van der Waals surface area contributed by atoms with E-state index in [0.717, 1.165) is 21.5 Å². The van der Waals surface area contributed by atoms with E-state index in [2.05, 4.69) is 26.6 Å². The third-order valence-corrected chi connectivity index (χ3v) is 2.42. The minimum Gasteiger partial charge on any atom is -0.459 e. The minimum absolute atomic E-state index is 0.00816. The summed E-state index contributed by atoms with van der Waals surface area (Å²) in [6.07, 6.45) is 2.15. The Balaban J connectivity index is 2.07. The fraction of sp³-hybridized carbons (Fsp3) is 0.273. The van der Waals surface area contributed by atoms with Crippen LogP contribution in [-0.4, -0.2) is 49.5 Å². The Morgan fingerprint density at radius 3 is 2.81 bits per heavy atom. The molecule has 0 atom stereocenters. The van der Waals surface area contributed by atoms with Crippen LogP contribution in [0.5, 0.6) is 0 Å². The Bertz CT molecular complexity index is 762. The zero-order valence-corrected chi connectivity index (χ0v) is 11.1. The van der Waals surface area contributed by atoms with Crippen molar-refractivity contribution in [2.45, 2.75) is 0 Å². The van der Waals surface area contributed by atoms with Crippen molar-refractivity contribution < 1.29 is 19.1 Å². The lowest BCUT2D eigenvalue weighted by atomic mass is 10.4. The highest BCUT2D eigenvalue weighted by Crippen LogP contribution is 2.04. The molecule has 0 saturated carbocycles. The third kappa shape index (κ3) is 2.94. The molecule has 0 saturated heterocycles. The van der Waals surface area contributed by atoms with Crippen molar-refractivity contribution >= 4 is 17.6 Å². The van der Waals surface area contributed by atoms with Crippen molar-refractivity contribution in [3.05, 3.63) is 35.2 Å². The molecule has 0 aliphatic rings. The summed E-state index contributed by atoms with van der Waals surface area (Å²) in [4.78, 5) is 38.0. The minimum atomic E-state index is -0.797. The molecule has 0 fully saturated rings. The first-order valence-corrected chi connectivity index (χ1v) is 5.78. The molecule has 0 aromatic carbocycles. The van der Waals surface area contributed by atoms with E-state index in [-0.39, 0.29) is 24.6 Å². The summed E-state index contributed by atoms with van der Waals surface area (Å²) in [6, 6.07) is 0. The highest BCUT2D eigenvalue weighted by molar-refractivity contribution is 5.93. The standard InChI is InChI=1S/C11H11N5O5/c1-3-7(17)20-4-5-21-10(18)8-9-13-14-15(2)11(19)16(9)6-12-8/h3,6H,1,4-5H2,2H3. The molecule has 0 N–H and O–H groups in total. The molecule has 0 unspecified atom stereocenters. The van der Waals surface area contributed by atoms with Crippen molar-refractivity contribution in [2.24, 2.45) is 7.05 Å². The summed E-state index contributed by atoms with van der Waals surface area (Å²) < 4.78 is 11.6. The maximum absolute atomic E-state index is 11.8. The molecule has 2 aromatic heterocycles. The molecule has 10 nitrogen and oxygen atoms in total. The summed E-state index contributed by atoms with van der Waals surface area (Å²) in [5.74, 6) is -1.41. The Morgan fingerprint density at radius 2 is 2.10 bits per heavy atom. The zero-order valence-electron chi connectivity index (χ0n) is 11.1. The SMILES string of the molecule is C=CC(=O)OCCOC(=O)c1ncn2c(=O)n(C)nnc12. The largest absolute Gasteiger partial charge is 0.459 e. The highest BCUT2D eigenvalue weighted by atomic mass is 16.6. The maximum atomic E-state index is 11.8. The van der Waals surface area contributed by atoms with E-state index in [4.69, 9.17) is 4.74 Å².